The van der Waals surface area contributed by atoms with E-state index in [2.05, 4.69) is 5.32 Å². The van der Waals surface area contributed by atoms with Crippen molar-refractivity contribution in [2.75, 3.05) is 60.4 Å². The van der Waals surface area contributed by atoms with E-state index in [1.807, 2.05) is 69.9 Å². The molecule has 0 bridgehead atoms. The molecular formula is C29H47Cl2N4O2+. The molecule has 1 aromatic carbocycles. The zero-order valence-corrected chi connectivity index (χ0v) is 25.2. The van der Waals surface area contributed by atoms with Crippen LogP contribution in [0.3, 0.4) is 0 Å². The Morgan fingerprint density at radius 2 is 1.65 bits per heavy atom. The number of benzene rings is 1. The molecule has 0 radical (unpaired) electrons. The summed E-state index contributed by atoms with van der Waals surface area (Å²) in [4.78, 5) is 30.7. The van der Waals surface area contributed by atoms with Gasteiger partial charge in [-0.1, -0.05) is 50.0 Å². The molecule has 0 spiro atoms. The van der Waals surface area contributed by atoms with Gasteiger partial charge in [0.05, 0.1) is 29.7 Å². The number of amides is 2. The third-order valence-corrected chi connectivity index (χ3v) is 9.36. The molecule has 6 nitrogen and oxygen atoms in total. The molecule has 2 amide bonds. The first kappa shape index (κ1) is 30.2. The van der Waals surface area contributed by atoms with E-state index in [1.54, 1.807) is 0 Å². The summed E-state index contributed by atoms with van der Waals surface area (Å²) in [6, 6.07) is 5.85. The van der Waals surface area contributed by atoms with Crippen molar-refractivity contribution in [3.8, 4) is 0 Å². The SMILES string of the molecule is CN(C)C(=O)C1([N+]2(CCC(CN(C)C(=O)C(C)(C)C)c3ccc(Cl)c(Cl)c3)CCCCC2)CCNCC1. The molecule has 2 fully saturated rings. The van der Waals surface area contributed by atoms with Crippen LogP contribution in [0.5, 0.6) is 0 Å². The molecule has 2 saturated heterocycles. The summed E-state index contributed by atoms with van der Waals surface area (Å²) in [5.41, 5.74) is 0.246. The fourth-order valence-corrected chi connectivity index (χ4v) is 6.96. The molecule has 1 unspecified atom stereocenters. The summed E-state index contributed by atoms with van der Waals surface area (Å²) in [5, 5.41) is 4.56. The highest BCUT2D eigenvalue weighted by Crippen LogP contribution is 2.40. The zero-order chi connectivity index (χ0) is 27.4. The number of nitrogens with zero attached hydrogens (tertiary/aromatic N) is 3. The summed E-state index contributed by atoms with van der Waals surface area (Å²) in [7, 11) is 5.70. The molecule has 2 aliphatic rings. The summed E-state index contributed by atoms with van der Waals surface area (Å²) in [6.45, 7) is 11.2. The van der Waals surface area contributed by atoms with Crippen molar-refractivity contribution in [3.63, 3.8) is 0 Å². The van der Waals surface area contributed by atoms with Crippen LogP contribution in [0.1, 0.15) is 70.8 Å². The first-order valence-electron chi connectivity index (χ1n) is 13.8. The van der Waals surface area contributed by atoms with Gasteiger partial charge in [0.2, 0.25) is 5.91 Å². The van der Waals surface area contributed by atoms with Crippen LogP contribution >= 0.6 is 23.2 Å². The maximum absolute atomic E-state index is 13.9. The number of hydrogen-bond acceptors (Lipinski definition) is 3. The van der Waals surface area contributed by atoms with Crippen LogP contribution in [0.4, 0.5) is 0 Å². The van der Waals surface area contributed by atoms with E-state index in [-0.39, 0.29) is 17.7 Å². The van der Waals surface area contributed by atoms with E-state index in [0.29, 0.717) is 16.6 Å². The minimum absolute atomic E-state index is 0.0937. The Morgan fingerprint density at radius 1 is 1.03 bits per heavy atom. The number of carbonyl (C=O) groups excluding carboxylic acids is 2. The van der Waals surface area contributed by atoms with Crippen molar-refractivity contribution in [3.05, 3.63) is 33.8 Å². The maximum atomic E-state index is 13.9. The number of halogens is 2. The van der Waals surface area contributed by atoms with Crippen LogP contribution in [0.25, 0.3) is 0 Å². The lowest BCUT2D eigenvalue weighted by Crippen LogP contribution is -2.74. The molecule has 8 heteroatoms. The van der Waals surface area contributed by atoms with Gasteiger partial charge >= 0.3 is 0 Å². The average Bonchev–Trinajstić information content (AvgIpc) is 2.87. The van der Waals surface area contributed by atoms with Gasteiger partial charge in [0.25, 0.3) is 5.91 Å². The van der Waals surface area contributed by atoms with Gasteiger partial charge in [0, 0.05) is 71.4 Å². The standard InChI is InChI=1S/C29H47Cl2N4O2/c1-28(2,3)26(36)34(6)21-23(22-10-11-24(30)25(31)20-22)12-19-35(17-8-7-9-18-35)29(27(37)33(4)5)13-15-32-16-14-29/h10-11,20,23,32H,7-9,12-19,21H2,1-6H3/q+1. The Morgan fingerprint density at radius 3 is 2.19 bits per heavy atom. The number of nitrogens with one attached hydrogen (secondary N) is 1. The van der Waals surface area contributed by atoms with Crippen molar-refractivity contribution >= 4 is 35.0 Å². The predicted molar refractivity (Wildman–Crippen MR) is 153 cm³/mol. The molecule has 2 heterocycles. The zero-order valence-electron chi connectivity index (χ0n) is 23.7. The van der Waals surface area contributed by atoms with E-state index >= 15 is 0 Å². The molecule has 2 aliphatic heterocycles. The molecule has 1 N–H and O–H groups in total. The van der Waals surface area contributed by atoms with Gasteiger partial charge in [-0.05, 0) is 37.0 Å². The number of rotatable bonds is 8. The minimum Gasteiger partial charge on any atom is -0.345 e. The smallest absolute Gasteiger partial charge is 0.283 e. The van der Waals surface area contributed by atoms with E-state index < -0.39 is 11.0 Å². The second-order valence-electron chi connectivity index (χ2n) is 12.5. The Balaban J connectivity index is 1.97. The summed E-state index contributed by atoms with van der Waals surface area (Å²) < 4.78 is 0.848. The van der Waals surface area contributed by atoms with Crippen molar-refractivity contribution in [2.45, 2.75) is 70.8 Å². The van der Waals surface area contributed by atoms with Gasteiger partial charge in [0.1, 0.15) is 0 Å². The highest BCUT2D eigenvalue weighted by Gasteiger charge is 2.57. The van der Waals surface area contributed by atoms with E-state index in [9.17, 15) is 9.59 Å². The third kappa shape index (κ3) is 6.63. The molecule has 3 rings (SSSR count). The molecule has 0 aliphatic carbocycles. The summed E-state index contributed by atoms with van der Waals surface area (Å²) in [6.07, 6.45) is 6.12. The molecule has 0 saturated carbocycles. The van der Waals surface area contributed by atoms with E-state index in [0.717, 1.165) is 74.9 Å². The fourth-order valence-electron chi connectivity index (χ4n) is 6.65. The number of likely N-dealkylation sites (N-methyl/N-ethyl adjacent to an activating group) is 2. The average molecular weight is 555 g/mol. The molecule has 0 aromatic heterocycles. The van der Waals surface area contributed by atoms with Crippen LogP contribution in [-0.2, 0) is 9.59 Å². The lowest BCUT2D eigenvalue weighted by Gasteiger charge is -2.56. The van der Waals surface area contributed by atoms with Gasteiger partial charge in [-0.25, -0.2) is 0 Å². The molecule has 208 valence electrons. The van der Waals surface area contributed by atoms with Crippen molar-refractivity contribution < 1.29 is 14.1 Å². The molecule has 1 atom stereocenters. The number of quaternary nitrogens is 1. The van der Waals surface area contributed by atoms with Crippen LogP contribution in [0, 0.1) is 5.41 Å². The minimum atomic E-state index is -0.450. The molecule has 37 heavy (non-hydrogen) atoms. The van der Waals surface area contributed by atoms with E-state index in [1.165, 1.54) is 6.42 Å². The number of likely N-dealkylation sites (tertiary alicyclic amines) is 1. The van der Waals surface area contributed by atoms with Crippen LogP contribution in [-0.4, -0.2) is 92.0 Å². The van der Waals surface area contributed by atoms with Gasteiger partial charge in [-0.2, -0.15) is 0 Å². The van der Waals surface area contributed by atoms with Crippen molar-refractivity contribution in [1.29, 1.82) is 0 Å². The lowest BCUT2D eigenvalue weighted by atomic mass is 9.79. The number of carbonyl (C=O) groups is 2. The van der Waals surface area contributed by atoms with E-state index in [4.69, 9.17) is 23.2 Å². The largest absolute Gasteiger partial charge is 0.345 e. The quantitative estimate of drug-likeness (QED) is 0.451. The highest BCUT2D eigenvalue weighted by molar-refractivity contribution is 6.42. The van der Waals surface area contributed by atoms with Crippen LogP contribution in [0.15, 0.2) is 18.2 Å². The first-order chi connectivity index (χ1) is 17.3. The second kappa shape index (κ2) is 12.2. The van der Waals surface area contributed by atoms with Gasteiger partial charge < -0.3 is 19.6 Å². The van der Waals surface area contributed by atoms with Gasteiger partial charge in [-0.3, -0.25) is 9.59 Å². The Labute approximate surface area is 234 Å². The lowest BCUT2D eigenvalue weighted by molar-refractivity contribution is -0.972. The highest BCUT2D eigenvalue weighted by atomic mass is 35.5. The Bertz CT molecular complexity index is 948. The topological polar surface area (TPSA) is 52.7 Å². The van der Waals surface area contributed by atoms with Gasteiger partial charge in [-0.15, -0.1) is 0 Å². The number of hydrogen-bond donors (Lipinski definition) is 1. The third-order valence-electron chi connectivity index (χ3n) is 8.62. The predicted octanol–water partition coefficient (Wildman–Crippen LogP) is 5.18. The number of piperidine rings is 2. The van der Waals surface area contributed by atoms with Gasteiger partial charge in [0.15, 0.2) is 5.54 Å². The van der Waals surface area contributed by atoms with Crippen LogP contribution < -0.4 is 5.32 Å². The normalized spacial score (nSPS) is 20.2. The molecule has 1 aromatic rings. The van der Waals surface area contributed by atoms with Crippen molar-refractivity contribution in [1.82, 2.24) is 15.1 Å². The second-order valence-corrected chi connectivity index (χ2v) is 13.3. The van der Waals surface area contributed by atoms with Crippen molar-refractivity contribution in [2.24, 2.45) is 5.41 Å². The monoisotopic (exact) mass is 553 g/mol. The Hall–Kier alpha value is -1.34. The molecular weight excluding hydrogens is 507 g/mol. The Kier molecular flexibility index (Phi) is 9.99. The van der Waals surface area contributed by atoms with Crippen LogP contribution in [0.2, 0.25) is 10.0 Å². The maximum Gasteiger partial charge on any atom is 0.283 e. The first-order valence-corrected chi connectivity index (χ1v) is 14.6. The fraction of sp³-hybridized carbons (Fsp3) is 0.724. The summed E-state index contributed by atoms with van der Waals surface area (Å²) in [5.74, 6) is 0.482. The summed E-state index contributed by atoms with van der Waals surface area (Å²) >= 11 is 12.7.